The lowest BCUT2D eigenvalue weighted by Crippen LogP contribution is -2.12. The van der Waals surface area contributed by atoms with Crippen molar-refractivity contribution in [3.63, 3.8) is 0 Å². The number of amides is 1. The van der Waals surface area contributed by atoms with Crippen LogP contribution in [0.1, 0.15) is 15.9 Å². The van der Waals surface area contributed by atoms with Gasteiger partial charge in [-0.15, -0.1) is 0 Å². The van der Waals surface area contributed by atoms with Crippen molar-refractivity contribution in [2.24, 2.45) is 7.05 Å². The first-order valence-electron chi connectivity index (χ1n) is 5.14. The van der Waals surface area contributed by atoms with Crippen LogP contribution in [0.15, 0.2) is 30.7 Å². The Morgan fingerprint density at radius 3 is 2.94 bits per heavy atom. The fourth-order valence-electron chi connectivity index (χ4n) is 2.11. The van der Waals surface area contributed by atoms with E-state index in [4.69, 9.17) is 0 Å². The average Bonchev–Trinajstić information content (AvgIpc) is 2.86. The number of nitrogens with zero attached hydrogens (tertiary/aromatic N) is 2. The molecule has 80 valence electrons. The molecule has 2 heterocycles. The highest BCUT2D eigenvalue weighted by molar-refractivity contribution is 6.00. The molecule has 1 aromatic carbocycles. The zero-order chi connectivity index (χ0) is 11.1. The van der Waals surface area contributed by atoms with Crippen molar-refractivity contribution < 1.29 is 4.79 Å². The molecule has 0 unspecified atom stereocenters. The van der Waals surface area contributed by atoms with E-state index in [2.05, 4.69) is 10.3 Å². The Kier molecular flexibility index (Phi) is 1.83. The highest BCUT2D eigenvalue weighted by Crippen LogP contribution is 2.28. The second-order valence-electron chi connectivity index (χ2n) is 3.90. The van der Waals surface area contributed by atoms with Crippen LogP contribution in [0, 0.1) is 0 Å². The molecule has 0 radical (unpaired) electrons. The zero-order valence-corrected chi connectivity index (χ0v) is 8.90. The largest absolute Gasteiger partial charge is 0.348 e. The lowest BCUT2D eigenvalue weighted by Gasteiger charge is -2.06. The van der Waals surface area contributed by atoms with E-state index >= 15 is 0 Å². The van der Waals surface area contributed by atoms with Gasteiger partial charge < -0.3 is 9.88 Å². The van der Waals surface area contributed by atoms with Crippen LogP contribution < -0.4 is 5.32 Å². The standard InChI is InChI=1S/C12H11N3O/c1-15-7-13-6-11(15)8-3-2-4-9-10(8)5-14-12(9)16/h2-4,6-7H,5H2,1H3,(H,14,16). The summed E-state index contributed by atoms with van der Waals surface area (Å²) in [5, 5.41) is 2.84. The van der Waals surface area contributed by atoms with E-state index in [-0.39, 0.29) is 5.91 Å². The maximum Gasteiger partial charge on any atom is 0.251 e. The Hall–Kier alpha value is -2.10. The van der Waals surface area contributed by atoms with Crippen molar-refractivity contribution >= 4 is 5.91 Å². The third kappa shape index (κ3) is 1.16. The quantitative estimate of drug-likeness (QED) is 0.776. The summed E-state index contributed by atoms with van der Waals surface area (Å²) >= 11 is 0. The molecule has 4 nitrogen and oxygen atoms in total. The Morgan fingerprint density at radius 2 is 2.19 bits per heavy atom. The fourth-order valence-corrected chi connectivity index (χ4v) is 2.11. The van der Waals surface area contributed by atoms with E-state index in [1.165, 1.54) is 0 Å². The van der Waals surface area contributed by atoms with Gasteiger partial charge in [0.2, 0.25) is 0 Å². The minimum atomic E-state index is 0.0130. The molecule has 1 N–H and O–H groups in total. The SMILES string of the molecule is Cn1cncc1-c1cccc2c1CNC2=O. The van der Waals surface area contributed by atoms with Gasteiger partial charge in [0.05, 0.1) is 18.2 Å². The molecule has 16 heavy (non-hydrogen) atoms. The van der Waals surface area contributed by atoms with Crippen molar-refractivity contribution in [1.29, 1.82) is 0 Å². The van der Waals surface area contributed by atoms with E-state index in [1.807, 2.05) is 36.0 Å². The van der Waals surface area contributed by atoms with Crippen molar-refractivity contribution in [2.75, 3.05) is 0 Å². The molecule has 2 aromatic rings. The summed E-state index contributed by atoms with van der Waals surface area (Å²) in [6.45, 7) is 0.607. The van der Waals surface area contributed by atoms with Gasteiger partial charge in [0.15, 0.2) is 0 Å². The predicted octanol–water partition coefficient (Wildman–Crippen LogP) is 1.33. The monoisotopic (exact) mass is 213 g/mol. The molecule has 1 amide bonds. The Labute approximate surface area is 92.9 Å². The van der Waals surface area contributed by atoms with Crippen LogP contribution >= 0.6 is 0 Å². The van der Waals surface area contributed by atoms with Gasteiger partial charge in [0, 0.05) is 24.7 Å². The minimum absolute atomic E-state index is 0.0130. The second kappa shape index (κ2) is 3.20. The molecule has 0 saturated heterocycles. The molecule has 0 saturated carbocycles. The van der Waals surface area contributed by atoms with Gasteiger partial charge in [-0.2, -0.15) is 0 Å². The van der Waals surface area contributed by atoms with Gasteiger partial charge in [-0.25, -0.2) is 4.98 Å². The normalized spacial score (nSPS) is 13.7. The summed E-state index contributed by atoms with van der Waals surface area (Å²) in [5.41, 5.74) is 3.96. The van der Waals surface area contributed by atoms with E-state index in [1.54, 1.807) is 6.33 Å². The van der Waals surface area contributed by atoms with Gasteiger partial charge in [-0.3, -0.25) is 4.79 Å². The first-order chi connectivity index (χ1) is 7.77. The molecule has 0 fully saturated rings. The molecule has 0 atom stereocenters. The lowest BCUT2D eigenvalue weighted by atomic mass is 10.0. The molecule has 0 bridgehead atoms. The predicted molar refractivity (Wildman–Crippen MR) is 59.8 cm³/mol. The van der Waals surface area contributed by atoms with E-state index in [0.717, 1.165) is 22.4 Å². The summed E-state index contributed by atoms with van der Waals surface area (Å²) in [7, 11) is 1.95. The summed E-state index contributed by atoms with van der Waals surface area (Å²) < 4.78 is 1.96. The van der Waals surface area contributed by atoms with Crippen LogP contribution in [-0.4, -0.2) is 15.5 Å². The van der Waals surface area contributed by atoms with Crippen molar-refractivity contribution in [3.05, 3.63) is 41.9 Å². The van der Waals surface area contributed by atoms with Crippen LogP contribution in [0.3, 0.4) is 0 Å². The number of fused-ring (bicyclic) bond motifs is 1. The molecule has 1 aliphatic rings. The van der Waals surface area contributed by atoms with Gasteiger partial charge in [0.25, 0.3) is 5.91 Å². The number of rotatable bonds is 1. The van der Waals surface area contributed by atoms with E-state index < -0.39 is 0 Å². The first-order valence-corrected chi connectivity index (χ1v) is 5.14. The zero-order valence-electron chi connectivity index (χ0n) is 8.90. The van der Waals surface area contributed by atoms with Crippen molar-refractivity contribution in [2.45, 2.75) is 6.54 Å². The Bertz CT molecular complexity index is 571. The average molecular weight is 213 g/mol. The van der Waals surface area contributed by atoms with Gasteiger partial charge in [-0.05, 0) is 11.6 Å². The number of hydrogen-bond donors (Lipinski definition) is 1. The van der Waals surface area contributed by atoms with Crippen LogP contribution in [0.25, 0.3) is 11.3 Å². The van der Waals surface area contributed by atoms with Gasteiger partial charge in [0.1, 0.15) is 0 Å². The Morgan fingerprint density at radius 1 is 1.38 bits per heavy atom. The molecule has 0 aliphatic carbocycles. The van der Waals surface area contributed by atoms with Crippen LogP contribution in [0.2, 0.25) is 0 Å². The van der Waals surface area contributed by atoms with Crippen LogP contribution in [0.5, 0.6) is 0 Å². The van der Waals surface area contributed by atoms with E-state index in [0.29, 0.717) is 6.54 Å². The van der Waals surface area contributed by atoms with Gasteiger partial charge in [-0.1, -0.05) is 12.1 Å². The summed E-state index contributed by atoms with van der Waals surface area (Å²) in [4.78, 5) is 15.6. The summed E-state index contributed by atoms with van der Waals surface area (Å²) in [5.74, 6) is 0.0130. The molecular weight excluding hydrogens is 202 g/mol. The highest BCUT2D eigenvalue weighted by Gasteiger charge is 2.22. The van der Waals surface area contributed by atoms with E-state index in [9.17, 15) is 4.79 Å². The second-order valence-corrected chi connectivity index (χ2v) is 3.90. The van der Waals surface area contributed by atoms with Crippen LogP contribution in [0.4, 0.5) is 0 Å². The maximum absolute atomic E-state index is 11.5. The number of benzene rings is 1. The summed E-state index contributed by atoms with van der Waals surface area (Å²) in [6, 6.07) is 5.79. The molecule has 4 heteroatoms. The number of aromatic nitrogens is 2. The highest BCUT2D eigenvalue weighted by atomic mass is 16.1. The van der Waals surface area contributed by atoms with Gasteiger partial charge >= 0.3 is 0 Å². The minimum Gasteiger partial charge on any atom is -0.348 e. The topological polar surface area (TPSA) is 46.9 Å². The van der Waals surface area contributed by atoms with Crippen molar-refractivity contribution in [3.8, 4) is 11.3 Å². The smallest absolute Gasteiger partial charge is 0.251 e. The maximum atomic E-state index is 11.5. The summed E-state index contributed by atoms with van der Waals surface area (Å²) in [6.07, 6.45) is 3.58. The molecular formula is C12H11N3O. The number of carbonyl (C=O) groups excluding carboxylic acids is 1. The molecule has 3 rings (SSSR count). The van der Waals surface area contributed by atoms with Crippen LogP contribution in [-0.2, 0) is 13.6 Å². The molecule has 0 spiro atoms. The number of nitrogens with one attached hydrogen (secondary N) is 1. The molecule has 1 aliphatic heterocycles. The Balaban J connectivity index is 2.24. The lowest BCUT2D eigenvalue weighted by molar-refractivity contribution is 0.0966. The third-order valence-electron chi connectivity index (χ3n) is 2.94. The fraction of sp³-hybridized carbons (Fsp3) is 0.167. The number of hydrogen-bond acceptors (Lipinski definition) is 2. The van der Waals surface area contributed by atoms with Crippen molar-refractivity contribution in [1.82, 2.24) is 14.9 Å². The number of carbonyl (C=O) groups is 1. The molecule has 1 aromatic heterocycles. The third-order valence-corrected chi connectivity index (χ3v) is 2.94. The number of aryl methyl sites for hydroxylation is 1. The first kappa shape index (κ1) is 9.15. The number of imidazole rings is 1.